The number of ether oxygens (including phenoxy) is 1. The van der Waals surface area contributed by atoms with E-state index in [0.717, 1.165) is 19.4 Å². The van der Waals surface area contributed by atoms with E-state index in [1.165, 1.54) is 0 Å². The van der Waals surface area contributed by atoms with Gasteiger partial charge in [-0.05, 0) is 33.1 Å². The van der Waals surface area contributed by atoms with E-state index in [1.807, 2.05) is 20.8 Å². The first-order valence-corrected chi connectivity index (χ1v) is 5.80. The molecule has 1 fully saturated rings. The molecule has 0 aromatic carbocycles. The number of hydrogen-bond acceptors (Lipinski definition) is 3. The zero-order valence-electron chi connectivity index (χ0n) is 10.5. The number of carbonyl (C=O) groups is 1. The van der Waals surface area contributed by atoms with Crippen molar-refractivity contribution < 1.29 is 9.53 Å². The number of rotatable bonds is 3. The van der Waals surface area contributed by atoms with Gasteiger partial charge in [-0.2, -0.15) is 0 Å². The van der Waals surface area contributed by atoms with Crippen LogP contribution in [0.1, 0.15) is 47.5 Å². The van der Waals surface area contributed by atoms with Gasteiger partial charge in [-0.3, -0.25) is 4.79 Å². The van der Waals surface area contributed by atoms with Crippen LogP contribution in [0, 0.1) is 5.92 Å². The lowest BCUT2D eigenvalue weighted by molar-refractivity contribution is -0.171. The molecule has 0 bridgehead atoms. The fraction of sp³-hybridized carbons (Fsp3) is 0.917. The van der Waals surface area contributed by atoms with Crippen LogP contribution >= 0.6 is 0 Å². The highest BCUT2D eigenvalue weighted by atomic mass is 16.6. The van der Waals surface area contributed by atoms with Crippen molar-refractivity contribution in [2.45, 2.75) is 58.6 Å². The number of hydrogen-bond donors (Lipinski definition) is 1. The van der Waals surface area contributed by atoms with E-state index in [2.05, 4.69) is 19.2 Å². The van der Waals surface area contributed by atoms with Gasteiger partial charge in [-0.15, -0.1) is 0 Å². The summed E-state index contributed by atoms with van der Waals surface area (Å²) in [5.74, 6) is 0.294. The molecule has 2 atom stereocenters. The third kappa shape index (κ3) is 2.51. The maximum Gasteiger partial charge on any atom is 0.327 e. The largest absolute Gasteiger partial charge is 0.459 e. The number of esters is 1. The lowest BCUT2D eigenvalue weighted by atomic mass is 9.74. The maximum atomic E-state index is 12.1. The van der Waals surface area contributed by atoms with Gasteiger partial charge in [0.25, 0.3) is 0 Å². The molecule has 1 heterocycles. The third-order valence-corrected chi connectivity index (χ3v) is 2.97. The summed E-state index contributed by atoms with van der Waals surface area (Å²) in [7, 11) is 0. The normalized spacial score (nSPS) is 30.9. The average Bonchev–Trinajstić information content (AvgIpc) is 2.08. The molecule has 88 valence electrons. The predicted molar refractivity (Wildman–Crippen MR) is 60.7 cm³/mol. The predicted octanol–water partition coefficient (Wildman–Crippen LogP) is 2.11. The van der Waals surface area contributed by atoms with Crippen molar-refractivity contribution in [1.82, 2.24) is 5.32 Å². The van der Waals surface area contributed by atoms with Gasteiger partial charge in [0.15, 0.2) is 0 Å². The monoisotopic (exact) mass is 213 g/mol. The maximum absolute atomic E-state index is 12.1. The lowest BCUT2D eigenvalue weighted by Crippen LogP contribution is -2.69. The highest BCUT2D eigenvalue weighted by Crippen LogP contribution is 2.33. The molecule has 0 spiro atoms. The minimum Gasteiger partial charge on any atom is -0.459 e. The van der Waals surface area contributed by atoms with Crippen LogP contribution in [0.3, 0.4) is 0 Å². The zero-order chi connectivity index (χ0) is 11.7. The van der Waals surface area contributed by atoms with Crippen LogP contribution in [-0.4, -0.2) is 23.7 Å². The van der Waals surface area contributed by atoms with E-state index in [1.54, 1.807) is 0 Å². The van der Waals surface area contributed by atoms with Crippen LogP contribution in [0.4, 0.5) is 0 Å². The van der Waals surface area contributed by atoms with Crippen LogP contribution in [0.2, 0.25) is 0 Å². The number of nitrogens with one attached hydrogen (secondary N) is 1. The topological polar surface area (TPSA) is 38.3 Å². The van der Waals surface area contributed by atoms with E-state index in [-0.39, 0.29) is 5.97 Å². The summed E-state index contributed by atoms with van der Waals surface area (Å²) in [6, 6.07) is 0. The number of carbonyl (C=O) groups excluding carboxylic acids is 1. The van der Waals surface area contributed by atoms with Crippen molar-refractivity contribution in [3.05, 3.63) is 0 Å². The van der Waals surface area contributed by atoms with Crippen molar-refractivity contribution in [2.75, 3.05) is 6.54 Å². The Bertz CT molecular complexity index is 244. The summed E-state index contributed by atoms with van der Waals surface area (Å²) in [5, 5.41) is 3.26. The Morgan fingerprint density at radius 1 is 1.53 bits per heavy atom. The van der Waals surface area contributed by atoms with Crippen LogP contribution < -0.4 is 5.32 Å². The van der Waals surface area contributed by atoms with Gasteiger partial charge >= 0.3 is 5.97 Å². The molecular formula is C12H23NO2. The first-order valence-electron chi connectivity index (χ1n) is 5.80. The van der Waals surface area contributed by atoms with Crippen molar-refractivity contribution in [2.24, 2.45) is 5.92 Å². The molecule has 0 radical (unpaired) electrons. The minimum absolute atomic E-state index is 0.0874. The van der Waals surface area contributed by atoms with Gasteiger partial charge in [-0.25, -0.2) is 0 Å². The van der Waals surface area contributed by atoms with E-state index >= 15 is 0 Å². The molecule has 1 N–H and O–H groups in total. The molecule has 2 unspecified atom stereocenters. The average molecular weight is 213 g/mol. The molecule has 3 heteroatoms. The van der Waals surface area contributed by atoms with E-state index in [9.17, 15) is 4.79 Å². The molecule has 0 aromatic rings. The molecule has 0 aromatic heterocycles. The standard InChI is InChI=1S/C12H23NO2/c1-6-7-12(9(2)8-13-12)10(14)15-11(3,4)5/h9,13H,6-8H2,1-5H3. The van der Waals surface area contributed by atoms with Gasteiger partial charge in [0.2, 0.25) is 0 Å². The highest BCUT2D eigenvalue weighted by Gasteiger charge is 2.51. The second-order valence-corrected chi connectivity index (χ2v) is 5.51. The molecular weight excluding hydrogens is 190 g/mol. The molecule has 1 saturated heterocycles. The van der Waals surface area contributed by atoms with E-state index in [0.29, 0.717) is 5.92 Å². The molecule has 15 heavy (non-hydrogen) atoms. The van der Waals surface area contributed by atoms with Gasteiger partial charge in [0, 0.05) is 6.54 Å². The van der Waals surface area contributed by atoms with Crippen LogP contribution in [0.5, 0.6) is 0 Å². The lowest BCUT2D eigenvalue weighted by Gasteiger charge is -2.47. The fourth-order valence-corrected chi connectivity index (χ4v) is 2.03. The van der Waals surface area contributed by atoms with E-state index < -0.39 is 11.1 Å². The van der Waals surface area contributed by atoms with Gasteiger partial charge in [0.05, 0.1) is 0 Å². The zero-order valence-corrected chi connectivity index (χ0v) is 10.5. The molecule has 1 rings (SSSR count). The fourth-order valence-electron chi connectivity index (χ4n) is 2.03. The molecule has 0 saturated carbocycles. The summed E-state index contributed by atoms with van der Waals surface area (Å²) < 4.78 is 5.47. The van der Waals surface area contributed by atoms with Crippen molar-refractivity contribution in [3.63, 3.8) is 0 Å². The first kappa shape index (κ1) is 12.5. The molecule has 1 aliphatic rings. The Labute approximate surface area is 92.6 Å². The van der Waals surface area contributed by atoms with Crippen molar-refractivity contribution in [1.29, 1.82) is 0 Å². The summed E-state index contributed by atoms with van der Waals surface area (Å²) in [4.78, 5) is 12.1. The van der Waals surface area contributed by atoms with Crippen LogP contribution in [-0.2, 0) is 9.53 Å². The summed E-state index contributed by atoms with van der Waals surface area (Å²) in [5.41, 5.74) is -0.809. The quantitative estimate of drug-likeness (QED) is 0.730. The van der Waals surface area contributed by atoms with Gasteiger partial charge in [0.1, 0.15) is 11.1 Å². The smallest absolute Gasteiger partial charge is 0.327 e. The Morgan fingerprint density at radius 2 is 2.13 bits per heavy atom. The Balaban J connectivity index is 2.69. The first-order chi connectivity index (χ1) is 6.82. The summed E-state index contributed by atoms with van der Waals surface area (Å²) in [6.07, 6.45) is 1.86. The molecule has 1 aliphatic heterocycles. The summed E-state index contributed by atoms with van der Waals surface area (Å²) in [6.45, 7) is 10.9. The van der Waals surface area contributed by atoms with Gasteiger partial charge < -0.3 is 10.1 Å². The Morgan fingerprint density at radius 3 is 2.40 bits per heavy atom. The highest BCUT2D eigenvalue weighted by molar-refractivity contribution is 5.83. The molecule has 3 nitrogen and oxygen atoms in total. The SMILES string of the molecule is CCCC1(C(=O)OC(C)(C)C)NCC1C. The minimum atomic E-state index is -0.415. The summed E-state index contributed by atoms with van der Waals surface area (Å²) >= 11 is 0. The van der Waals surface area contributed by atoms with Crippen molar-refractivity contribution in [3.8, 4) is 0 Å². The van der Waals surface area contributed by atoms with E-state index in [4.69, 9.17) is 4.74 Å². The third-order valence-electron chi connectivity index (χ3n) is 2.97. The molecule has 0 aliphatic carbocycles. The second kappa shape index (κ2) is 4.12. The van der Waals surface area contributed by atoms with Crippen LogP contribution in [0.25, 0.3) is 0 Å². The second-order valence-electron chi connectivity index (χ2n) is 5.51. The molecule has 0 amide bonds. The van der Waals surface area contributed by atoms with Crippen molar-refractivity contribution >= 4 is 5.97 Å². The Kier molecular flexibility index (Phi) is 3.44. The Hall–Kier alpha value is -0.570. The van der Waals surface area contributed by atoms with Crippen LogP contribution in [0.15, 0.2) is 0 Å². The van der Waals surface area contributed by atoms with Gasteiger partial charge in [-0.1, -0.05) is 20.3 Å².